The summed E-state index contributed by atoms with van der Waals surface area (Å²) in [5.41, 5.74) is -2.69. The van der Waals surface area contributed by atoms with Crippen molar-refractivity contribution in [3.63, 3.8) is 0 Å². The third-order valence-electron chi connectivity index (χ3n) is 7.06. The average Bonchev–Trinajstić information content (AvgIpc) is 3.25. The highest BCUT2D eigenvalue weighted by atomic mass is 35.5. The van der Waals surface area contributed by atoms with Gasteiger partial charge in [0.05, 0.1) is 53.4 Å². The van der Waals surface area contributed by atoms with Gasteiger partial charge in [-0.3, -0.25) is 9.69 Å². The van der Waals surface area contributed by atoms with Crippen molar-refractivity contribution in [3.8, 4) is 0 Å². The molecular formula is C20H20ClF3N2O5. The topological polar surface area (TPSA) is 77.1 Å². The van der Waals surface area contributed by atoms with Gasteiger partial charge in [0.25, 0.3) is 0 Å². The fourth-order valence-electron chi connectivity index (χ4n) is 5.97. The third kappa shape index (κ3) is 2.74. The molecule has 4 saturated heterocycles. The van der Waals surface area contributed by atoms with Gasteiger partial charge < -0.3 is 19.5 Å². The fourth-order valence-corrected chi connectivity index (χ4v) is 6.20. The molecule has 4 aliphatic heterocycles. The molecule has 0 unspecified atom stereocenters. The fraction of sp³-hybridized carbons (Fsp3) is 0.600. The maximum absolute atomic E-state index is 13.5. The van der Waals surface area contributed by atoms with Crippen LogP contribution in [0.1, 0.15) is 25.3 Å². The molecule has 1 N–H and O–H groups in total. The van der Waals surface area contributed by atoms with Crippen LogP contribution in [0.4, 0.5) is 23.7 Å². The number of alkyl halides is 3. The van der Waals surface area contributed by atoms with E-state index in [1.54, 1.807) is 6.92 Å². The monoisotopic (exact) mass is 460 g/mol. The summed E-state index contributed by atoms with van der Waals surface area (Å²) in [5.74, 6) is -1.40. The lowest BCUT2D eigenvalue weighted by Crippen LogP contribution is -2.61. The van der Waals surface area contributed by atoms with Crippen molar-refractivity contribution in [2.75, 3.05) is 18.6 Å². The summed E-state index contributed by atoms with van der Waals surface area (Å²) in [6, 6.07) is 2.99. The summed E-state index contributed by atoms with van der Waals surface area (Å²) in [5, 5.41) is 2.37. The van der Waals surface area contributed by atoms with Gasteiger partial charge in [0.1, 0.15) is 6.23 Å². The molecule has 5 rings (SSSR count). The Bertz CT molecular complexity index is 975. The van der Waals surface area contributed by atoms with Crippen molar-refractivity contribution >= 4 is 29.3 Å². The first kappa shape index (κ1) is 20.8. The van der Waals surface area contributed by atoms with E-state index < -0.39 is 58.2 Å². The quantitative estimate of drug-likeness (QED) is 0.732. The third-order valence-corrected chi connectivity index (χ3v) is 7.39. The molecule has 0 radical (unpaired) electrons. The van der Waals surface area contributed by atoms with Crippen LogP contribution in [0.3, 0.4) is 0 Å². The van der Waals surface area contributed by atoms with Gasteiger partial charge in [0, 0.05) is 18.5 Å². The Labute approximate surface area is 180 Å². The van der Waals surface area contributed by atoms with E-state index in [4.69, 9.17) is 25.8 Å². The first-order valence-corrected chi connectivity index (χ1v) is 10.3. The summed E-state index contributed by atoms with van der Waals surface area (Å²) in [6.07, 6.45) is -5.23. The van der Waals surface area contributed by atoms with E-state index in [-0.39, 0.29) is 18.2 Å². The molecular weight excluding hydrogens is 441 g/mol. The van der Waals surface area contributed by atoms with E-state index in [0.29, 0.717) is 12.8 Å². The maximum Gasteiger partial charge on any atom is 0.417 e. The van der Waals surface area contributed by atoms with E-state index in [1.165, 1.54) is 18.1 Å². The highest BCUT2D eigenvalue weighted by Crippen LogP contribution is 2.65. The van der Waals surface area contributed by atoms with Gasteiger partial charge in [-0.1, -0.05) is 11.6 Å². The smallest absolute Gasteiger partial charge is 0.417 e. The normalized spacial score (nSPS) is 38.4. The number of carbonyl (C=O) groups is 2. The Kier molecular flexibility index (Phi) is 4.36. The largest absolute Gasteiger partial charge is 0.453 e. The Morgan fingerprint density at radius 1 is 1.39 bits per heavy atom. The van der Waals surface area contributed by atoms with Gasteiger partial charge in [0.2, 0.25) is 5.91 Å². The van der Waals surface area contributed by atoms with E-state index in [1.807, 2.05) is 0 Å². The number of nitrogens with one attached hydrogen (secondary N) is 1. The molecule has 0 aliphatic carbocycles. The second kappa shape index (κ2) is 6.49. The number of hydrogen-bond donors (Lipinski definition) is 1. The van der Waals surface area contributed by atoms with E-state index in [2.05, 4.69) is 5.32 Å². The van der Waals surface area contributed by atoms with Crippen molar-refractivity contribution in [2.24, 2.45) is 11.8 Å². The average molecular weight is 461 g/mol. The van der Waals surface area contributed by atoms with Gasteiger partial charge in [-0.25, -0.2) is 4.79 Å². The molecule has 1 aromatic carbocycles. The first-order valence-electron chi connectivity index (χ1n) is 9.88. The molecule has 0 aromatic heterocycles. The lowest BCUT2D eigenvalue weighted by Gasteiger charge is -2.45. The molecule has 2 bridgehead atoms. The van der Waals surface area contributed by atoms with Crippen molar-refractivity contribution in [2.45, 2.75) is 49.4 Å². The number of nitrogens with zero attached hydrogens (tertiary/aromatic N) is 1. The number of anilines is 1. The van der Waals surface area contributed by atoms with E-state index >= 15 is 0 Å². The lowest BCUT2D eigenvalue weighted by atomic mass is 9.64. The summed E-state index contributed by atoms with van der Waals surface area (Å²) in [4.78, 5) is 26.7. The van der Waals surface area contributed by atoms with Crippen LogP contribution in [0, 0.1) is 11.8 Å². The number of fused-ring (bicyclic) bond motifs is 2. The van der Waals surface area contributed by atoms with Crippen molar-refractivity contribution in [3.05, 3.63) is 28.8 Å². The molecule has 1 spiro atoms. The minimum atomic E-state index is -4.66. The maximum atomic E-state index is 13.5. The summed E-state index contributed by atoms with van der Waals surface area (Å²) < 4.78 is 57.3. The molecule has 168 valence electrons. The van der Waals surface area contributed by atoms with E-state index in [0.717, 1.165) is 12.1 Å². The molecule has 4 fully saturated rings. The number of halogens is 4. The lowest BCUT2D eigenvalue weighted by molar-refractivity contribution is -0.144. The summed E-state index contributed by atoms with van der Waals surface area (Å²) >= 11 is 5.76. The first-order chi connectivity index (χ1) is 14.5. The Morgan fingerprint density at radius 2 is 2.13 bits per heavy atom. The van der Waals surface area contributed by atoms with Crippen LogP contribution in [-0.4, -0.2) is 49.2 Å². The van der Waals surface area contributed by atoms with Crippen LogP contribution < -0.4 is 10.2 Å². The second-order valence-corrected chi connectivity index (χ2v) is 9.05. The Hall–Kier alpha value is -2.04. The number of methoxy groups -OCH3 is 1. The number of benzene rings is 1. The van der Waals surface area contributed by atoms with Crippen molar-refractivity contribution < 1.29 is 37.0 Å². The zero-order valence-electron chi connectivity index (χ0n) is 16.7. The highest BCUT2D eigenvalue weighted by molar-refractivity contribution is 6.31. The molecule has 31 heavy (non-hydrogen) atoms. The molecule has 0 saturated carbocycles. The van der Waals surface area contributed by atoms with Crippen LogP contribution in [-0.2, 0) is 25.2 Å². The molecule has 7 nitrogen and oxygen atoms in total. The van der Waals surface area contributed by atoms with Gasteiger partial charge in [-0.15, -0.1) is 0 Å². The molecule has 6 atom stereocenters. The number of alkyl carbamates (subject to hydrolysis) is 1. The van der Waals surface area contributed by atoms with E-state index in [9.17, 15) is 22.8 Å². The highest BCUT2D eigenvalue weighted by Gasteiger charge is 2.78. The molecule has 11 heteroatoms. The van der Waals surface area contributed by atoms with Crippen LogP contribution in [0.5, 0.6) is 0 Å². The Morgan fingerprint density at radius 3 is 2.81 bits per heavy atom. The Balaban J connectivity index is 1.56. The minimum Gasteiger partial charge on any atom is -0.453 e. The standard InChI is InChI=1S/C20H20ClF3N2O5/c1-18-8-12(25-17(28)29-2)19(31-18)5-6-30-16-14(19)13(18)15(27)26(16)9-3-4-11(21)10(7-9)20(22,23)24/h3-4,7,12-14,16H,5-6,8H2,1-2H3,(H,25,28)/t12-,13-,14+,16+,18-,19+/m1/s1. The molecule has 1 aromatic rings. The van der Waals surface area contributed by atoms with Crippen molar-refractivity contribution in [1.29, 1.82) is 0 Å². The van der Waals surface area contributed by atoms with Crippen molar-refractivity contribution in [1.82, 2.24) is 5.32 Å². The second-order valence-electron chi connectivity index (χ2n) is 8.65. The van der Waals surface area contributed by atoms with Gasteiger partial charge in [0.15, 0.2) is 0 Å². The predicted molar refractivity (Wildman–Crippen MR) is 101 cm³/mol. The minimum absolute atomic E-state index is 0.0682. The van der Waals surface area contributed by atoms with Gasteiger partial charge in [-0.05, 0) is 25.1 Å². The zero-order valence-corrected chi connectivity index (χ0v) is 17.4. The summed E-state index contributed by atoms with van der Waals surface area (Å²) in [6.45, 7) is 2.03. The van der Waals surface area contributed by atoms with Crippen LogP contribution in [0.2, 0.25) is 5.02 Å². The van der Waals surface area contributed by atoms with Crippen LogP contribution >= 0.6 is 11.6 Å². The number of carbonyl (C=O) groups excluding carboxylic acids is 2. The number of hydrogen-bond acceptors (Lipinski definition) is 5. The molecule has 4 heterocycles. The zero-order chi connectivity index (χ0) is 22.3. The summed E-state index contributed by atoms with van der Waals surface area (Å²) in [7, 11) is 1.26. The number of amides is 2. The predicted octanol–water partition coefficient (Wildman–Crippen LogP) is 3.34. The molecule has 4 aliphatic rings. The van der Waals surface area contributed by atoms with Gasteiger partial charge in [-0.2, -0.15) is 13.2 Å². The van der Waals surface area contributed by atoms with Gasteiger partial charge >= 0.3 is 12.3 Å². The SMILES string of the molecule is COC(=O)N[C@@H]1C[C@@]2(C)O[C@@]13CCO[C@H]1[C@@H]3[C@@H]2C(=O)N1c1ccc(Cl)c(C(F)(F)F)c1. The molecule has 2 amide bonds. The number of rotatable bonds is 2. The number of ether oxygens (including phenoxy) is 3. The van der Waals surface area contributed by atoms with Crippen LogP contribution in [0.15, 0.2) is 18.2 Å². The van der Waals surface area contributed by atoms with Crippen LogP contribution in [0.25, 0.3) is 0 Å².